The van der Waals surface area contributed by atoms with Crippen LogP contribution >= 0.6 is 11.8 Å². The third-order valence-corrected chi connectivity index (χ3v) is 3.58. The maximum absolute atomic E-state index is 13.7. The molecule has 4 nitrogen and oxygen atoms in total. The number of nitrogens with zero attached hydrogens (tertiary/aromatic N) is 1. The highest BCUT2D eigenvalue weighted by Gasteiger charge is 2.06. The monoisotopic (exact) mass is 271 g/mol. The van der Waals surface area contributed by atoms with Crippen molar-refractivity contribution in [3.63, 3.8) is 0 Å². The summed E-state index contributed by atoms with van der Waals surface area (Å²) in [5, 5.41) is 15.0. The summed E-state index contributed by atoms with van der Waals surface area (Å²) < 4.78 is 13.7. The van der Waals surface area contributed by atoms with Crippen LogP contribution in [0.2, 0.25) is 0 Å². The van der Waals surface area contributed by atoms with Crippen LogP contribution in [0, 0.1) is 5.82 Å². The van der Waals surface area contributed by atoms with Gasteiger partial charge in [-0.25, -0.2) is 4.39 Å². The first-order valence-electron chi connectivity index (χ1n) is 5.58. The number of nitrogens with two attached hydrogens (primary N) is 1. The van der Waals surface area contributed by atoms with E-state index in [0.29, 0.717) is 22.9 Å². The minimum absolute atomic E-state index is 0.0931. The van der Waals surface area contributed by atoms with Crippen molar-refractivity contribution >= 4 is 17.6 Å². The van der Waals surface area contributed by atoms with E-state index in [0.717, 1.165) is 6.54 Å². The smallest absolute Gasteiger partial charge is 0.170 e. The van der Waals surface area contributed by atoms with Crippen molar-refractivity contribution in [2.24, 2.45) is 10.9 Å². The molecule has 1 aromatic rings. The molecule has 1 atom stereocenters. The molecule has 6 heteroatoms. The van der Waals surface area contributed by atoms with Gasteiger partial charge < -0.3 is 16.3 Å². The molecule has 1 unspecified atom stereocenters. The first-order chi connectivity index (χ1) is 8.58. The molecule has 0 aliphatic rings. The number of thioether (sulfide) groups is 1. The summed E-state index contributed by atoms with van der Waals surface area (Å²) in [7, 11) is 0. The van der Waals surface area contributed by atoms with E-state index in [4.69, 9.17) is 10.9 Å². The lowest BCUT2D eigenvalue weighted by Crippen LogP contribution is -2.22. The van der Waals surface area contributed by atoms with Gasteiger partial charge in [-0.3, -0.25) is 0 Å². The highest BCUT2D eigenvalue weighted by atomic mass is 32.2. The molecule has 0 spiro atoms. The van der Waals surface area contributed by atoms with Gasteiger partial charge in [0, 0.05) is 29.5 Å². The van der Waals surface area contributed by atoms with Gasteiger partial charge in [-0.05, 0) is 12.3 Å². The first-order valence-corrected chi connectivity index (χ1v) is 6.87. The summed E-state index contributed by atoms with van der Waals surface area (Å²) in [6, 6.07) is 4.54. The number of hydrogen-bond acceptors (Lipinski definition) is 4. The average molecular weight is 271 g/mol. The fourth-order valence-corrected chi connectivity index (χ4v) is 1.69. The summed E-state index contributed by atoms with van der Waals surface area (Å²) in [5.74, 6) is -0.451. The standard InChI is InChI=1S/C12H18FN3OS/c1-8(18-2)6-15-7-10-4-3-9(5-11(10)13)12(14)16-17/h3-5,8,15,17H,6-7H2,1-2H3,(H2,14,16). The quantitative estimate of drug-likeness (QED) is 0.319. The normalized spacial score (nSPS) is 13.6. The predicted molar refractivity (Wildman–Crippen MR) is 73.6 cm³/mol. The van der Waals surface area contributed by atoms with E-state index in [2.05, 4.69) is 17.4 Å². The number of halogens is 1. The van der Waals surface area contributed by atoms with E-state index >= 15 is 0 Å². The second-order valence-electron chi connectivity index (χ2n) is 3.97. The highest BCUT2D eigenvalue weighted by Crippen LogP contribution is 2.11. The minimum atomic E-state index is -0.358. The summed E-state index contributed by atoms with van der Waals surface area (Å²) in [4.78, 5) is 0. The highest BCUT2D eigenvalue weighted by molar-refractivity contribution is 7.99. The minimum Gasteiger partial charge on any atom is -0.409 e. The third-order valence-electron chi connectivity index (χ3n) is 2.61. The Kier molecular flexibility index (Phi) is 5.94. The summed E-state index contributed by atoms with van der Waals surface area (Å²) in [5.41, 5.74) is 6.32. The van der Waals surface area contributed by atoms with Gasteiger partial charge >= 0.3 is 0 Å². The lowest BCUT2D eigenvalue weighted by molar-refractivity contribution is 0.318. The molecular formula is C12H18FN3OS. The number of hydrogen-bond donors (Lipinski definition) is 3. The van der Waals surface area contributed by atoms with Crippen molar-refractivity contribution in [1.29, 1.82) is 0 Å². The van der Waals surface area contributed by atoms with Gasteiger partial charge in [0.15, 0.2) is 5.84 Å². The first kappa shape index (κ1) is 14.8. The van der Waals surface area contributed by atoms with Crippen LogP contribution in [0.3, 0.4) is 0 Å². The van der Waals surface area contributed by atoms with Crippen LogP contribution in [0.1, 0.15) is 18.1 Å². The van der Waals surface area contributed by atoms with Gasteiger partial charge in [-0.2, -0.15) is 11.8 Å². The third kappa shape index (κ3) is 4.19. The van der Waals surface area contributed by atoms with Crippen LogP contribution in [0.15, 0.2) is 23.4 Å². The van der Waals surface area contributed by atoms with Crippen LogP contribution in [0.5, 0.6) is 0 Å². The van der Waals surface area contributed by atoms with Crippen LogP contribution in [-0.4, -0.2) is 29.1 Å². The Bertz CT molecular complexity index is 426. The second kappa shape index (κ2) is 7.23. The molecular weight excluding hydrogens is 253 g/mol. The molecule has 0 aliphatic carbocycles. The molecule has 0 fully saturated rings. The molecule has 0 heterocycles. The number of nitrogens with one attached hydrogen (secondary N) is 1. The average Bonchev–Trinajstić information content (AvgIpc) is 2.39. The van der Waals surface area contributed by atoms with Crippen LogP contribution in [-0.2, 0) is 6.54 Å². The van der Waals surface area contributed by atoms with E-state index in [9.17, 15) is 4.39 Å². The number of benzene rings is 1. The predicted octanol–water partition coefficient (Wildman–Crippen LogP) is 1.76. The molecule has 1 aromatic carbocycles. The Balaban J connectivity index is 2.63. The van der Waals surface area contributed by atoms with Gasteiger partial charge in [0.2, 0.25) is 0 Å². The molecule has 18 heavy (non-hydrogen) atoms. The Hall–Kier alpha value is -1.27. The molecule has 4 N–H and O–H groups in total. The van der Waals surface area contributed by atoms with Crippen LogP contribution in [0.4, 0.5) is 4.39 Å². The van der Waals surface area contributed by atoms with Gasteiger partial charge in [0.25, 0.3) is 0 Å². The molecule has 0 saturated heterocycles. The topological polar surface area (TPSA) is 70.6 Å². The molecule has 0 aromatic heterocycles. The Morgan fingerprint density at radius 2 is 2.33 bits per heavy atom. The van der Waals surface area contributed by atoms with E-state index in [1.807, 2.05) is 6.26 Å². The van der Waals surface area contributed by atoms with Crippen molar-refractivity contribution in [2.75, 3.05) is 12.8 Å². The van der Waals surface area contributed by atoms with Gasteiger partial charge in [0.1, 0.15) is 5.82 Å². The Morgan fingerprint density at radius 3 is 2.89 bits per heavy atom. The van der Waals surface area contributed by atoms with Crippen LogP contribution in [0.25, 0.3) is 0 Å². The molecule has 0 saturated carbocycles. The number of rotatable bonds is 6. The zero-order valence-electron chi connectivity index (χ0n) is 10.5. The van der Waals surface area contributed by atoms with E-state index in [1.54, 1.807) is 23.9 Å². The number of oxime groups is 1. The van der Waals surface area contributed by atoms with Crippen molar-refractivity contribution in [1.82, 2.24) is 5.32 Å². The maximum atomic E-state index is 13.7. The molecule has 1 rings (SSSR count). The van der Waals surface area contributed by atoms with E-state index < -0.39 is 0 Å². The number of amidine groups is 1. The van der Waals surface area contributed by atoms with E-state index in [-0.39, 0.29) is 11.7 Å². The Morgan fingerprint density at radius 1 is 1.61 bits per heavy atom. The zero-order valence-corrected chi connectivity index (χ0v) is 11.3. The summed E-state index contributed by atoms with van der Waals surface area (Å²) >= 11 is 1.76. The van der Waals surface area contributed by atoms with Crippen LogP contribution < -0.4 is 11.1 Å². The van der Waals surface area contributed by atoms with Gasteiger partial charge in [0.05, 0.1) is 0 Å². The summed E-state index contributed by atoms with van der Waals surface area (Å²) in [6.45, 7) is 3.39. The van der Waals surface area contributed by atoms with Gasteiger partial charge in [-0.1, -0.05) is 24.2 Å². The largest absolute Gasteiger partial charge is 0.409 e. The SMILES string of the molecule is CSC(C)CNCc1ccc(/C(N)=N/O)cc1F. The van der Waals surface area contributed by atoms with Crippen molar-refractivity contribution < 1.29 is 9.60 Å². The fourth-order valence-electron chi connectivity index (χ4n) is 1.40. The zero-order chi connectivity index (χ0) is 13.5. The lowest BCUT2D eigenvalue weighted by atomic mass is 10.1. The molecule has 100 valence electrons. The molecule has 0 bridgehead atoms. The second-order valence-corrected chi connectivity index (χ2v) is 5.24. The van der Waals surface area contributed by atoms with Crippen molar-refractivity contribution in [3.05, 3.63) is 35.1 Å². The van der Waals surface area contributed by atoms with Crippen molar-refractivity contribution in [3.8, 4) is 0 Å². The lowest BCUT2D eigenvalue weighted by Gasteiger charge is -2.10. The molecule has 0 radical (unpaired) electrons. The van der Waals surface area contributed by atoms with Crippen molar-refractivity contribution in [2.45, 2.75) is 18.7 Å². The maximum Gasteiger partial charge on any atom is 0.170 e. The van der Waals surface area contributed by atoms with E-state index in [1.165, 1.54) is 6.07 Å². The van der Waals surface area contributed by atoms with Gasteiger partial charge in [-0.15, -0.1) is 0 Å². The summed E-state index contributed by atoms with van der Waals surface area (Å²) in [6.07, 6.45) is 2.04. The molecule has 0 aliphatic heterocycles. The molecule has 0 amide bonds. The Labute approximate surface area is 110 Å². The fraction of sp³-hybridized carbons (Fsp3) is 0.417.